The third-order valence-corrected chi connectivity index (χ3v) is 4.69. The summed E-state index contributed by atoms with van der Waals surface area (Å²) < 4.78 is 0. The zero-order valence-electron chi connectivity index (χ0n) is 9.80. The molecule has 3 rings (SSSR count). The zero-order valence-corrected chi connectivity index (χ0v) is 10.6. The van der Waals surface area contributed by atoms with Crippen molar-refractivity contribution in [3.8, 4) is 0 Å². The number of fused-ring (bicyclic) bond motifs is 1. The van der Waals surface area contributed by atoms with Crippen LogP contribution in [0.2, 0.25) is 0 Å². The van der Waals surface area contributed by atoms with E-state index in [2.05, 4.69) is 41.8 Å². The Morgan fingerprint density at radius 3 is 2.88 bits per heavy atom. The van der Waals surface area contributed by atoms with Crippen LogP contribution in [0.25, 0.3) is 0 Å². The fourth-order valence-corrected chi connectivity index (χ4v) is 3.64. The molecule has 0 saturated heterocycles. The van der Waals surface area contributed by atoms with Crippen molar-refractivity contribution in [2.75, 3.05) is 0 Å². The molecule has 0 spiro atoms. The molecule has 2 atom stereocenters. The van der Waals surface area contributed by atoms with Crippen LogP contribution in [0.1, 0.15) is 40.8 Å². The van der Waals surface area contributed by atoms with Crippen molar-refractivity contribution in [1.29, 1.82) is 0 Å². The van der Waals surface area contributed by atoms with E-state index in [-0.39, 0.29) is 6.04 Å². The van der Waals surface area contributed by atoms with Crippen LogP contribution in [0, 0.1) is 0 Å². The molecule has 0 bridgehead atoms. The first kappa shape index (κ1) is 11.0. The maximum atomic E-state index is 6.44. The lowest BCUT2D eigenvalue weighted by molar-refractivity contribution is 0.479. The Balaban J connectivity index is 1.95. The predicted molar refractivity (Wildman–Crippen MR) is 73.4 cm³/mol. The van der Waals surface area contributed by atoms with E-state index in [1.54, 1.807) is 11.3 Å². The third kappa shape index (κ3) is 2.03. The molecule has 1 aliphatic carbocycles. The van der Waals surface area contributed by atoms with E-state index in [0.717, 1.165) is 0 Å². The predicted octanol–water partition coefficient (Wildman–Crippen LogP) is 3.87. The topological polar surface area (TPSA) is 26.0 Å². The standard InChI is InChI=1S/C15H17NS/c16-15(14-9-4-10-17-14)13-8-3-6-11-5-1-2-7-12(11)13/h1-2,4-5,7,9-10,13,15H,3,6,8,16H2. The fourth-order valence-electron chi connectivity index (χ4n) is 2.84. The summed E-state index contributed by atoms with van der Waals surface area (Å²) in [5, 5.41) is 2.12. The van der Waals surface area contributed by atoms with Gasteiger partial charge in [0.1, 0.15) is 0 Å². The molecule has 1 heterocycles. The summed E-state index contributed by atoms with van der Waals surface area (Å²) in [5.41, 5.74) is 9.41. The summed E-state index contributed by atoms with van der Waals surface area (Å²) >= 11 is 1.77. The molecular weight excluding hydrogens is 226 g/mol. The molecule has 1 aliphatic rings. The second-order valence-corrected chi connectivity index (χ2v) is 5.72. The Labute approximate surface area is 106 Å². The normalized spacial score (nSPS) is 20.9. The molecular formula is C15H17NS. The van der Waals surface area contributed by atoms with Gasteiger partial charge in [-0.3, -0.25) is 0 Å². The van der Waals surface area contributed by atoms with Crippen molar-refractivity contribution >= 4 is 11.3 Å². The van der Waals surface area contributed by atoms with E-state index in [4.69, 9.17) is 5.73 Å². The molecule has 1 aromatic heterocycles. The van der Waals surface area contributed by atoms with Crippen LogP contribution in [0.5, 0.6) is 0 Å². The van der Waals surface area contributed by atoms with Gasteiger partial charge < -0.3 is 5.73 Å². The second kappa shape index (κ2) is 4.63. The monoisotopic (exact) mass is 243 g/mol. The van der Waals surface area contributed by atoms with E-state index in [1.165, 1.54) is 35.3 Å². The van der Waals surface area contributed by atoms with Crippen molar-refractivity contribution < 1.29 is 0 Å². The summed E-state index contributed by atoms with van der Waals surface area (Å²) in [5.74, 6) is 0.499. The highest BCUT2D eigenvalue weighted by atomic mass is 32.1. The highest BCUT2D eigenvalue weighted by Gasteiger charge is 2.26. The molecule has 0 radical (unpaired) electrons. The highest BCUT2D eigenvalue weighted by Crippen LogP contribution is 2.39. The van der Waals surface area contributed by atoms with Crippen molar-refractivity contribution in [1.82, 2.24) is 0 Å². The minimum absolute atomic E-state index is 0.163. The van der Waals surface area contributed by atoms with Crippen molar-refractivity contribution in [2.45, 2.75) is 31.2 Å². The fraction of sp³-hybridized carbons (Fsp3) is 0.333. The van der Waals surface area contributed by atoms with Gasteiger partial charge >= 0.3 is 0 Å². The Morgan fingerprint density at radius 1 is 1.18 bits per heavy atom. The summed E-state index contributed by atoms with van der Waals surface area (Å²) in [6, 6.07) is 13.2. The van der Waals surface area contributed by atoms with Crippen LogP contribution in [-0.4, -0.2) is 0 Å². The quantitative estimate of drug-likeness (QED) is 0.851. The summed E-state index contributed by atoms with van der Waals surface area (Å²) in [6.07, 6.45) is 3.70. The Kier molecular flexibility index (Phi) is 3.00. The van der Waals surface area contributed by atoms with Gasteiger partial charge in [0.05, 0.1) is 0 Å². The number of nitrogens with two attached hydrogens (primary N) is 1. The molecule has 17 heavy (non-hydrogen) atoms. The molecule has 2 aromatic rings. The van der Waals surface area contributed by atoms with Gasteiger partial charge in [0, 0.05) is 16.8 Å². The molecule has 0 saturated carbocycles. The maximum Gasteiger partial charge on any atom is 0.0459 e. The van der Waals surface area contributed by atoms with Crippen LogP contribution >= 0.6 is 11.3 Å². The lowest BCUT2D eigenvalue weighted by Gasteiger charge is -2.29. The number of hydrogen-bond donors (Lipinski definition) is 1. The Bertz CT molecular complexity index is 489. The molecule has 88 valence electrons. The van der Waals surface area contributed by atoms with Gasteiger partial charge in [-0.05, 0) is 41.8 Å². The van der Waals surface area contributed by atoms with Crippen molar-refractivity contribution in [3.63, 3.8) is 0 Å². The molecule has 2 N–H and O–H groups in total. The van der Waals surface area contributed by atoms with Crippen molar-refractivity contribution in [3.05, 3.63) is 57.8 Å². The number of rotatable bonds is 2. The average Bonchev–Trinajstić information content (AvgIpc) is 2.91. The number of benzene rings is 1. The molecule has 2 unspecified atom stereocenters. The van der Waals surface area contributed by atoms with Gasteiger partial charge in [-0.1, -0.05) is 30.3 Å². The van der Waals surface area contributed by atoms with Crippen LogP contribution in [-0.2, 0) is 6.42 Å². The third-order valence-electron chi connectivity index (χ3n) is 3.72. The Hall–Kier alpha value is -1.12. The SMILES string of the molecule is NC(c1cccs1)C1CCCc2ccccc21. The van der Waals surface area contributed by atoms with Crippen LogP contribution in [0.4, 0.5) is 0 Å². The van der Waals surface area contributed by atoms with Gasteiger partial charge in [-0.2, -0.15) is 0 Å². The van der Waals surface area contributed by atoms with E-state index >= 15 is 0 Å². The smallest absolute Gasteiger partial charge is 0.0459 e. The summed E-state index contributed by atoms with van der Waals surface area (Å²) in [6.45, 7) is 0. The van der Waals surface area contributed by atoms with Crippen LogP contribution < -0.4 is 5.73 Å². The molecule has 1 aromatic carbocycles. The van der Waals surface area contributed by atoms with Crippen LogP contribution in [0.15, 0.2) is 41.8 Å². The largest absolute Gasteiger partial charge is 0.323 e. The summed E-state index contributed by atoms with van der Waals surface area (Å²) in [4.78, 5) is 1.31. The zero-order chi connectivity index (χ0) is 11.7. The van der Waals surface area contributed by atoms with Crippen LogP contribution in [0.3, 0.4) is 0 Å². The average molecular weight is 243 g/mol. The molecule has 2 heteroatoms. The molecule has 0 fully saturated rings. The first-order valence-corrected chi connectivity index (χ1v) is 7.11. The van der Waals surface area contributed by atoms with Gasteiger partial charge in [0.15, 0.2) is 0 Å². The van der Waals surface area contributed by atoms with E-state index in [1.807, 2.05) is 0 Å². The second-order valence-electron chi connectivity index (χ2n) is 4.74. The first-order chi connectivity index (χ1) is 8.36. The number of hydrogen-bond acceptors (Lipinski definition) is 2. The highest BCUT2D eigenvalue weighted by molar-refractivity contribution is 7.10. The molecule has 0 aliphatic heterocycles. The van der Waals surface area contributed by atoms with Gasteiger partial charge in [-0.25, -0.2) is 0 Å². The number of aryl methyl sites for hydroxylation is 1. The first-order valence-electron chi connectivity index (χ1n) is 6.23. The summed E-state index contributed by atoms with van der Waals surface area (Å²) in [7, 11) is 0. The maximum absolute atomic E-state index is 6.44. The number of thiophene rings is 1. The lowest BCUT2D eigenvalue weighted by atomic mass is 9.78. The van der Waals surface area contributed by atoms with E-state index in [9.17, 15) is 0 Å². The van der Waals surface area contributed by atoms with E-state index < -0.39 is 0 Å². The van der Waals surface area contributed by atoms with Gasteiger partial charge in [0.25, 0.3) is 0 Å². The minimum atomic E-state index is 0.163. The van der Waals surface area contributed by atoms with Gasteiger partial charge in [0.2, 0.25) is 0 Å². The van der Waals surface area contributed by atoms with E-state index in [0.29, 0.717) is 5.92 Å². The minimum Gasteiger partial charge on any atom is -0.323 e. The molecule has 0 amide bonds. The van der Waals surface area contributed by atoms with Gasteiger partial charge in [-0.15, -0.1) is 11.3 Å². The Morgan fingerprint density at radius 2 is 2.06 bits per heavy atom. The molecule has 1 nitrogen and oxygen atoms in total. The van der Waals surface area contributed by atoms with Crippen molar-refractivity contribution in [2.24, 2.45) is 5.73 Å². The lowest BCUT2D eigenvalue weighted by Crippen LogP contribution is -2.22.